The van der Waals surface area contributed by atoms with Crippen LogP contribution >= 0.6 is 34.3 Å². The summed E-state index contributed by atoms with van der Waals surface area (Å²) in [5.74, 6) is 0.234. The Kier molecular flexibility index (Phi) is 8.41. The number of rotatable bonds is 9. The van der Waals surface area contributed by atoms with Crippen LogP contribution in [0.4, 0.5) is 0 Å². The molecule has 0 saturated heterocycles. The first-order valence-corrected chi connectivity index (χ1v) is 11.8. The molecule has 2 aromatic heterocycles. The van der Waals surface area contributed by atoms with E-state index in [0.29, 0.717) is 22.7 Å². The van der Waals surface area contributed by atoms with Crippen molar-refractivity contribution in [1.82, 2.24) is 9.55 Å². The normalized spacial score (nSPS) is 13.0. The summed E-state index contributed by atoms with van der Waals surface area (Å²) in [6, 6.07) is 7.67. The smallest absolute Gasteiger partial charge is 0.283 e. The fourth-order valence-corrected chi connectivity index (χ4v) is 4.17. The van der Waals surface area contributed by atoms with E-state index >= 15 is 0 Å². The van der Waals surface area contributed by atoms with Gasteiger partial charge in [0.05, 0.1) is 22.0 Å². The first kappa shape index (κ1) is 22.9. The summed E-state index contributed by atoms with van der Waals surface area (Å²) in [6.45, 7) is 7.29. The molecule has 160 valence electrons. The highest BCUT2D eigenvalue weighted by Gasteiger charge is 2.16. The minimum absolute atomic E-state index is 0.0809. The highest BCUT2D eigenvalue weighted by Crippen LogP contribution is 2.23. The monoisotopic (exact) mass is 539 g/mol. The predicted octanol–water partition coefficient (Wildman–Crippen LogP) is 5.34. The van der Waals surface area contributed by atoms with Crippen LogP contribution in [0.3, 0.4) is 0 Å². The molecule has 0 bridgehead atoms. The van der Waals surface area contributed by atoms with Crippen LogP contribution in [0.1, 0.15) is 49.5 Å². The lowest BCUT2D eigenvalue weighted by Crippen LogP contribution is -2.18. The van der Waals surface area contributed by atoms with Gasteiger partial charge in [0.15, 0.2) is 4.80 Å². The number of benzene rings is 1. The molecule has 0 aliphatic rings. The number of aryl methyl sites for hydroxylation is 2. The van der Waals surface area contributed by atoms with E-state index in [-0.39, 0.29) is 12.0 Å². The molecule has 0 fully saturated rings. The number of hydrogen-bond acceptors (Lipinski definition) is 5. The second-order valence-corrected chi connectivity index (χ2v) is 8.56. The lowest BCUT2D eigenvalue weighted by Gasteiger charge is -2.13. The minimum atomic E-state index is -0.298. The molecule has 2 heterocycles. The third kappa shape index (κ3) is 5.47. The van der Waals surface area contributed by atoms with Gasteiger partial charge in [-0.25, -0.2) is 0 Å². The van der Waals surface area contributed by atoms with Crippen LogP contribution in [0.25, 0.3) is 10.2 Å². The van der Waals surface area contributed by atoms with E-state index in [9.17, 15) is 4.79 Å². The number of amides is 1. The van der Waals surface area contributed by atoms with Crippen molar-refractivity contribution in [3.8, 4) is 5.75 Å². The Labute approximate surface area is 194 Å². The van der Waals surface area contributed by atoms with Crippen molar-refractivity contribution in [2.45, 2.75) is 52.7 Å². The SMILES string of the molecule is CCCCn1c(=NC(=O)c2cc(CC)ccc2OC[C@H](C)OI)sc2ccncc21. The highest BCUT2D eigenvalue weighted by atomic mass is 127. The number of halogens is 1. The number of pyridine rings is 1. The standard InChI is InChI=1S/C22H26IN3O3S/c1-4-6-11-26-18-13-24-10-9-20(18)30-22(26)25-21(27)17-12-16(5-2)7-8-19(17)28-14-15(3)29-23/h7-10,12-13,15H,4-6,11,14H2,1-3H3/t15-/m0/s1. The van der Waals surface area contributed by atoms with Gasteiger partial charge in [-0.3, -0.25) is 9.78 Å². The largest absolute Gasteiger partial charge is 0.490 e. The van der Waals surface area contributed by atoms with Gasteiger partial charge in [-0.2, -0.15) is 4.99 Å². The minimum Gasteiger partial charge on any atom is -0.490 e. The van der Waals surface area contributed by atoms with Gasteiger partial charge in [-0.05, 0) is 43.5 Å². The Morgan fingerprint density at radius 2 is 2.17 bits per heavy atom. The first-order chi connectivity index (χ1) is 14.6. The molecule has 6 nitrogen and oxygen atoms in total. The van der Waals surface area contributed by atoms with Crippen LogP contribution in [0.2, 0.25) is 0 Å². The number of nitrogens with zero attached hydrogens (tertiary/aromatic N) is 3. The van der Waals surface area contributed by atoms with Crippen molar-refractivity contribution in [2.75, 3.05) is 6.61 Å². The number of fused-ring (bicyclic) bond motifs is 1. The van der Waals surface area contributed by atoms with E-state index in [4.69, 9.17) is 7.80 Å². The summed E-state index contributed by atoms with van der Waals surface area (Å²) in [7, 11) is 0. The lowest BCUT2D eigenvalue weighted by molar-refractivity contribution is 0.0991. The molecule has 0 spiro atoms. The Balaban J connectivity index is 2.03. The maximum absolute atomic E-state index is 13.2. The molecule has 0 radical (unpaired) electrons. The van der Waals surface area contributed by atoms with Gasteiger partial charge in [0.1, 0.15) is 41.5 Å². The third-order valence-electron chi connectivity index (χ3n) is 4.72. The molecular weight excluding hydrogens is 513 g/mol. The number of carbonyl (C=O) groups excluding carboxylic acids is 1. The summed E-state index contributed by atoms with van der Waals surface area (Å²) in [6.07, 6.45) is 6.42. The molecule has 1 atom stereocenters. The van der Waals surface area contributed by atoms with Crippen molar-refractivity contribution < 1.29 is 12.6 Å². The van der Waals surface area contributed by atoms with Crippen molar-refractivity contribution >= 4 is 50.5 Å². The van der Waals surface area contributed by atoms with E-state index in [1.165, 1.54) is 11.3 Å². The van der Waals surface area contributed by atoms with Crippen molar-refractivity contribution in [3.05, 3.63) is 52.6 Å². The number of unbranched alkanes of at least 4 members (excludes halogenated alkanes) is 1. The summed E-state index contributed by atoms with van der Waals surface area (Å²) in [4.78, 5) is 22.7. The molecule has 1 amide bonds. The van der Waals surface area contributed by atoms with E-state index in [1.807, 2.05) is 60.4 Å². The Hall–Kier alpha value is -1.78. The van der Waals surface area contributed by atoms with Crippen LogP contribution in [0, 0.1) is 0 Å². The van der Waals surface area contributed by atoms with Gasteiger partial charge in [0, 0.05) is 12.7 Å². The van der Waals surface area contributed by atoms with Crippen molar-refractivity contribution in [2.24, 2.45) is 4.99 Å². The Bertz CT molecular complexity index is 1080. The maximum atomic E-state index is 13.2. The van der Waals surface area contributed by atoms with Crippen molar-refractivity contribution in [1.29, 1.82) is 0 Å². The first-order valence-electron chi connectivity index (χ1n) is 10.1. The Morgan fingerprint density at radius 3 is 2.90 bits per heavy atom. The zero-order valence-corrected chi connectivity index (χ0v) is 20.4. The summed E-state index contributed by atoms with van der Waals surface area (Å²) in [5.41, 5.74) is 2.56. The Morgan fingerprint density at radius 1 is 1.33 bits per heavy atom. The molecule has 3 aromatic rings. The van der Waals surface area contributed by atoms with Crippen LogP contribution in [-0.4, -0.2) is 28.2 Å². The topological polar surface area (TPSA) is 65.7 Å². The van der Waals surface area contributed by atoms with Gasteiger partial charge >= 0.3 is 0 Å². The molecule has 0 aliphatic heterocycles. The zero-order chi connectivity index (χ0) is 21.5. The number of hydrogen-bond donors (Lipinski definition) is 0. The molecular formula is C22H26IN3O3S. The summed E-state index contributed by atoms with van der Waals surface area (Å²) in [5, 5.41) is 0. The predicted molar refractivity (Wildman–Crippen MR) is 128 cm³/mol. The molecule has 8 heteroatoms. The molecule has 30 heavy (non-hydrogen) atoms. The second kappa shape index (κ2) is 11.0. The average Bonchev–Trinajstić information content (AvgIpc) is 3.12. The van der Waals surface area contributed by atoms with Crippen LogP contribution in [-0.2, 0) is 16.0 Å². The molecule has 0 unspecified atom stereocenters. The van der Waals surface area contributed by atoms with Crippen LogP contribution in [0.15, 0.2) is 41.7 Å². The maximum Gasteiger partial charge on any atom is 0.283 e. The van der Waals surface area contributed by atoms with E-state index in [2.05, 4.69) is 28.4 Å². The van der Waals surface area contributed by atoms with E-state index < -0.39 is 0 Å². The number of carbonyl (C=O) groups is 1. The fourth-order valence-electron chi connectivity index (χ4n) is 3.00. The summed E-state index contributed by atoms with van der Waals surface area (Å²) >= 11 is 3.36. The number of aromatic nitrogens is 2. The molecule has 0 aliphatic carbocycles. The van der Waals surface area contributed by atoms with Crippen molar-refractivity contribution in [3.63, 3.8) is 0 Å². The van der Waals surface area contributed by atoms with Crippen LogP contribution < -0.4 is 9.54 Å². The van der Waals surface area contributed by atoms with Gasteiger partial charge in [0.2, 0.25) is 0 Å². The lowest BCUT2D eigenvalue weighted by atomic mass is 10.1. The molecule has 0 saturated carbocycles. The van der Waals surface area contributed by atoms with E-state index in [1.54, 1.807) is 6.20 Å². The quantitative estimate of drug-likeness (QED) is 0.345. The highest BCUT2D eigenvalue weighted by molar-refractivity contribution is 14.1. The van der Waals surface area contributed by atoms with Gasteiger partial charge in [-0.15, -0.1) is 0 Å². The second-order valence-electron chi connectivity index (χ2n) is 7.04. The van der Waals surface area contributed by atoms with E-state index in [0.717, 1.165) is 41.6 Å². The molecule has 0 N–H and O–H groups in total. The zero-order valence-electron chi connectivity index (χ0n) is 17.4. The number of thiazole rings is 1. The average molecular weight is 539 g/mol. The molecule has 1 aromatic carbocycles. The summed E-state index contributed by atoms with van der Waals surface area (Å²) < 4.78 is 14.3. The van der Waals surface area contributed by atoms with Gasteiger partial charge < -0.3 is 12.4 Å². The van der Waals surface area contributed by atoms with Gasteiger partial charge in [0.25, 0.3) is 5.91 Å². The number of ether oxygens (including phenoxy) is 1. The van der Waals surface area contributed by atoms with Gasteiger partial charge in [-0.1, -0.05) is 37.7 Å². The molecule has 3 rings (SSSR count). The third-order valence-corrected chi connectivity index (χ3v) is 6.65. The fraction of sp³-hybridized carbons (Fsp3) is 0.409. The van der Waals surface area contributed by atoms with Crippen LogP contribution in [0.5, 0.6) is 5.75 Å².